The zero-order chi connectivity index (χ0) is 15.4. The third-order valence-electron chi connectivity index (χ3n) is 3.13. The molecule has 0 fully saturated rings. The molecule has 0 aliphatic carbocycles. The Morgan fingerprint density at radius 3 is 2.48 bits per heavy atom. The molecule has 0 saturated heterocycles. The molecule has 3 nitrogen and oxygen atoms in total. The number of ether oxygens (including phenoxy) is 1. The zero-order valence-corrected chi connectivity index (χ0v) is 12.4. The monoisotopic (exact) mass is 307 g/mol. The Balaban J connectivity index is 2.10. The van der Waals surface area contributed by atoms with Crippen LogP contribution in [-0.4, -0.2) is 13.0 Å². The predicted molar refractivity (Wildman–Crippen MR) is 80.3 cm³/mol. The number of rotatable bonds is 4. The van der Waals surface area contributed by atoms with E-state index in [0.717, 1.165) is 5.56 Å². The molecule has 2 aromatic carbocycles. The van der Waals surface area contributed by atoms with Crippen molar-refractivity contribution < 1.29 is 13.9 Å². The van der Waals surface area contributed by atoms with Crippen molar-refractivity contribution >= 4 is 17.5 Å². The molecular formula is C16H15ClFNO2. The van der Waals surface area contributed by atoms with Gasteiger partial charge in [0.1, 0.15) is 11.6 Å². The van der Waals surface area contributed by atoms with Gasteiger partial charge in [-0.1, -0.05) is 23.7 Å². The summed E-state index contributed by atoms with van der Waals surface area (Å²) in [6.07, 6.45) is 0. The topological polar surface area (TPSA) is 38.3 Å². The Kier molecular flexibility index (Phi) is 4.81. The highest BCUT2D eigenvalue weighted by Gasteiger charge is 2.13. The summed E-state index contributed by atoms with van der Waals surface area (Å²) in [5, 5.41) is 3.21. The van der Waals surface area contributed by atoms with E-state index < -0.39 is 0 Å². The van der Waals surface area contributed by atoms with Gasteiger partial charge in [-0.15, -0.1) is 0 Å². The van der Waals surface area contributed by atoms with Crippen LogP contribution in [0.1, 0.15) is 28.9 Å². The predicted octanol–water partition coefficient (Wildman–Crippen LogP) is 3.98. The molecule has 1 amide bonds. The fraction of sp³-hybridized carbons (Fsp3) is 0.188. The highest BCUT2D eigenvalue weighted by molar-refractivity contribution is 6.32. The van der Waals surface area contributed by atoms with Crippen molar-refractivity contribution in [2.45, 2.75) is 13.0 Å². The lowest BCUT2D eigenvalue weighted by Gasteiger charge is -2.15. The molecule has 110 valence electrons. The van der Waals surface area contributed by atoms with Crippen LogP contribution in [0.5, 0.6) is 5.75 Å². The van der Waals surface area contributed by atoms with Crippen molar-refractivity contribution in [3.63, 3.8) is 0 Å². The first kappa shape index (κ1) is 15.3. The number of carbonyl (C=O) groups is 1. The van der Waals surface area contributed by atoms with Gasteiger partial charge in [-0.25, -0.2) is 4.39 Å². The molecule has 1 N–H and O–H groups in total. The Hall–Kier alpha value is -2.07. The van der Waals surface area contributed by atoms with E-state index in [1.165, 1.54) is 19.2 Å². The normalized spacial score (nSPS) is 11.8. The van der Waals surface area contributed by atoms with Gasteiger partial charge in [0, 0.05) is 5.56 Å². The van der Waals surface area contributed by atoms with Crippen LogP contribution >= 0.6 is 11.6 Å². The molecule has 0 bridgehead atoms. The third-order valence-corrected chi connectivity index (χ3v) is 3.43. The van der Waals surface area contributed by atoms with E-state index in [9.17, 15) is 9.18 Å². The Labute approximate surface area is 127 Å². The summed E-state index contributed by atoms with van der Waals surface area (Å²) in [5.41, 5.74) is 1.26. The lowest BCUT2D eigenvalue weighted by atomic mass is 10.1. The molecule has 0 spiro atoms. The van der Waals surface area contributed by atoms with Gasteiger partial charge in [0.2, 0.25) is 0 Å². The van der Waals surface area contributed by atoms with E-state index in [1.807, 2.05) is 6.92 Å². The van der Waals surface area contributed by atoms with Gasteiger partial charge in [0.15, 0.2) is 0 Å². The highest BCUT2D eigenvalue weighted by atomic mass is 35.5. The number of nitrogens with one attached hydrogen (secondary N) is 1. The molecule has 0 heterocycles. The lowest BCUT2D eigenvalue weighted by Crippen LogP contribution is -2.26. The Bertz CT molecular complexity index is 643. The van der Waals surface area contributed by atoms with E-state index in [4.69, 9.17) is 16.3 Å². The van der Waals surface area contributed by atoms with Gasteiger partial charge in [0.05, 0.1) is 18.2 Å². The van der Waals surface area contributed by atoms with Crippen LogP contribution in [-0.2, 0) is 0 Å². The highest BCUT2D eigenvalue weighted by Crippen LogP contribution is 2.25. The summed E-state index contributed by atoms with van der Waals surface area (Å²) in [7, 11) is 1.51. The molecule has 1 atom stereocenters. The van der Waals surface area contributed by atoms with Gasteiger partial charge < -0.3 is 10.1 Å². The van der Waals surface area contributed by atoms with Gasteiger partial charge in [-0.3, -0.25) is 4.79 Å². The van der Waals surface area contributed by atoms with E-state index in [0.29, 0.717) is 16.3 Å². The molecule has 2 aromatic rings. The van der Waals surface area contributed by atoms with Crippen molar-refractivity contribution in [1.82, 2.24) is 5.32 Å². The van der Waals surface area contributed by atoms with Crippen LogP contribution < -0.4 is 10.1 Å². The second-order valence-electron chi connectivity index (χ2n) is 4.60. The minimum Gasteiger partial charge on any atom is -0.495 e. The number of methoxy groups -OCH3 is 1. The molecule has 0 saturated carbocycles. The second kappa shape index (κ2) is 6.59. The summed E-state index contributed by atoms with van der Waals surface area (Å²) >= 11 is 6.00. The van der Waals surface area contributed by atoms with Crippen LogP contribution in [0.4, 0.5) is 4.39 Å². The average molecular weight is 308 g/mol. The fourth-order valence-corrected chi connectivity index (χ4v) is 2.18. The molecule has 2 rings (SSSR count). The summed E-state index contributed by atoms with van der Waals surface area (Å²) in [6, 6.07) is 10.6. The van der Waals surface area contributed by atoms with E-state index in [1.54, 1.807) is 30.3 Å². The maximum Gasteiger partial charge on any atom is 0.251 e. The first-order valence-corrected chi connectivity index (χ1v) is 6.79. The summed E-state index contributed by atoms with van der Waals surface area (Å²) < 4.78 is 17.9. The van der Waals surface area contributed by atoms with Crippen LogP contribution in [0.25, 0.3) is 0 Å². The van der Waals surface area contributed by atoms with Gasteiger partial charge in [-0.2, -0.15) is 0 Å². The Morgan fingerprint density at radius 2 is 1.90 bits per heavy atom. The standard InChI is InChI=1S/C16H15ClFNO2/c1-10(11-3-6-13(18)7-4-11)19-16(20)12-5-8-15(21-2)14(17)9-12/h3-10H,1-2H3,(H,19,20). The maximum absolute atomic E-state index is 12.9. The van der Waals surface area contributed by atoms with Crippen molar-refractivity contribution in [1.29, 1.82) is 0 Å². The molecule has 5 heteroatoms. The quantitative estimate of drug-likeness (QED) is 0.928. The molecule has 0 aromatic heterocycles. The molecule has 1 unspecified atom stereocenters. The van der Waals surface area contributed by atoms with Gasteiger partial charge in [0.25, 0.3) is 5.91 Å². The summed E-state index contributed by atoms with van der Waals surface area (Å²) in [4.78, 5) is 12.2. The van der Waals surface area contributed by atoms with Crippen molar-refractivity contribution in [3.8, 4) is 5.75 Å². The SMILES string of the molecule is COc1ccc(C(=O)NC(C)c2ccc(F)cc2)cc1Cl. The Morgan fingerprint density at radius 1 is 1.24 bits per heavy atom. The fourth-order valence-electron chi connectivity index (χ4n) is 1.92. The van der Waals surface area contributed by atoms with Crippen LogP contribution in [0.15, 0.2) is 42.5 Å². The number of carbonyl (C=O) groups excluding carboxylic acids is 1. The number of hydrogen-bond acceptors (Lipinski definition) is 2. The summed E-state index contributed by atoms with van der Waals surface area (Å²) in [6.45, 7) is 1.83. The van der Waals surface area contributed by atoms with E-state index in [2.05, 4.69) is 5.32 Å². The lowest BCUT2D eigenvalue weighted by molar-refractivity contribution is 0.0940. The van der Waals surface area contributed by atoms with Crippen molar-refractivity contribution in [2.75, 3.05) is 7.11 Å². The molecular weight excluding hydrogens is 293 g/mol. The van der Waals surface area contributed by atoms with Crippen LogP contribution in [0.3, 0.4) is 0 Å². The van der Waals surface area contributed by atoms with E-state index >= 15 is 0 Å². The number of hydrogen-bond donors (Lipinski definition) is 1. The molecule has 0 aliphatic rings. The number of halogens is 2. The van der Waals surface area contributed by atoms with Gasteiger partial charge >= 0.3 is 0 Å². The van der Waals surface area contributed by atoms with Crippen LogP contribution in [0, 0.1) is 5.82 Å². The smallest absolute Gasteiger partial charge is 0.251 e. The average Bonchev–Trinajstić information content (AvgIpc) is 2.47. The zero-order valence-electron chi connectivity index (χ0n) is 11.7. The third kappa shape index (κ3) is 3.73. The minimum absolute atomic E-state index is 0.237. The molecule has 0 aliphatic heterocycles. The minimum atomic E-state index is -0.306. The van der Waals surface area contributed by atoms with E-state index in [-0.39, 0.29) is 17.8 Å². The van der Waals surface area contributed by atoms with Crippen molar-refractivity contribution in [2.24, 2.45) is 0 Å². The molecule has 0 radical (unpaired) electrons. The number of benzene rings is 2. The largest absolute Gasteiger partial charge is 0.495 e. The van der Waals surface area contributed by atoms with Crippen LogP contribution in [0.2, 0.25) is 5.02 Å². The summed E-state index contributed by atoms with van der Waals surface area (Å²) in [5.74, 6) is -0.0459. The molecule has 21 heavy (non-hydrogen) atoms. The first-order valence-electron chi connectivity index (χ1n) is 6.41. The van der Waals surface area contributed by atoms with Crippen molar-refractivity contribution in [3.05, 3.63) is 64.4 Å². The van der Waals surface area contributed by atoms with Gasteiger partial charge in [-0.05, 0) is 42.8 Å². The number of amides is 1. The maximum atomic E-state index is 12.9. The first-order chi connectivity index (χ1) is 10.0. The second-order valence-corrected chi connectivity index (χ2v) is 5.00.